The molecule has 0 N–H and O–H groups in total. The maximum atomic E-state index is 4.49. The number of hydrogen-bond acceptors (Lipinski definition) is 2. The van der Waals surface area contributed by atoms with Crippen molar-refractivity contribution in [1.82, 2.24) is 23.7 Å². The Hall–Kier alpha value is -5.29. The standard InChI is InChI=1S/C34H22N5/c1-2-12-28-24(10-1)26-16-17-27-25-11-5-15-31-32(25)39(34(27)33(26)38(28)23-9-7-19-36-21-23)30-14-4-3-13-29(30)37(31)22-8-6-18-35-20-22/h1-21,30H/q+1. The smallest absolute Gasteiger partial charge is 0.236 e. The van der Waals surface area contributed by atoms with Gasteiger partial charge in [-0.3, -0.25) is 9.97 Å². The highest BCUT2D eigenvalue weighted by atomic mass is 15.2. The molecule has 0 amide bonds. The van der Waals surface area contributed by atoms with Crippen molar-refractivity contribution in [3.63, 3.8) is 0 Å². The summed E-state index contributed by atoms with van der Waals surface area (Å²) in [5.74, 6) is 0. The van der Waals surface area contributed by atoms with Crippen LogP contribution in [0, 0.1) is 0 Å². The van der Waals surface area contributed by atoms with E-state index in [1.165, 1.54) is 55.0 Å². The van der Waals surface area contributed by atoms with E-state index in [9.17, 15) is 0 Å². The molecule has 1 unspecified atom stereocenters. The molecule has 0 bridgehead atoms. The fourth-order valence-corrected chi connectivity index (χ4v) is 6.69. The third-order valence-electron chi connectivity index (χ3n) is 8.16. The van der Waals surface area contributed by atoms with Gasteiger partial charge in [-0.15, -0.1) is 0 Å². The van der Waals surface area contributed by atoms with Crippen molar-refractivity contribution >= 4 is 60.7 Å². The van der Waals surface area contributed by atoms with Crippen molar-refractivity contribution in [1.29, 1.82) is 0 Å². The van der Waals surface area contributed by atoms with Crippen LogP contribution in [0.5, 0.6) is 0 Å². The summed E-state index contributed by atoms with van der Waals surface area (Å²) in [6.07, 6.45) is 16.4. The highest BCUT2D eigenvalue weighted by Gasteiger charge is 2.38. The molecule has 3 aromatic carbocycles. The number of allylic oxidation sites excluding steroid dienone is 4. The second-order valence-corrected chi connectivity index (χ2v) is 10.1. The summed E-state index contributed by atoms with van der Waals surface area (Å²) in [7, 11) is 0. The summed E-state index contributed by atoms with van der Waals surface area (Å²) in [5, 5.41) is 4.99. The lowest BCUT2D eigenvalue weighted by atomic mass is 10.0. The van der Waals surface area contributed by atoms with Crippen molar-refractivity contribution in [2.75, 3.05) is 0 Å². The Labute approximate surface area is 223 Å². The van der Waals surface area contributed by atoms with E-state index < -0.39 is 0 Å². The van der Waals surface area contributed by atoms with Gasteiger partial charge in [-0.2, -0.15) is 4.58 Å². The zero-order valence-electron chi connectivity index (χ0n) is 20.9. The van der Waals surface area contributed by atoms with Crippen molar-refractivity contribution in [2.24, 2.45) is 0 Å². The number of aromatic nitrogens is 4. The molecule has 1 aliphatic carbocycles. The molecule has 0 spiro atoms. The van der Waals surface area contributed by atoms with Gasteiger partial charge in [-0.25, -0.2) is 0 Å². The first-order chi connectivity index (χ1) is 19.4. The lowest BCUT2D eigenvalue weighted by molar-refractivity contribution is 0.781. The van der Waals surface area contributed by atoms with Crippen molar-refractivity contribution in [2.45, 2.75) is 6.04 Å². The van der Waals surface area contributed by atoms with Gasteiger partial charge in [0.1, 0.15) is 11.6 Å². The lowest BCUT2D eigenvalue weighted by Gasteiger charge is -2.24. The summed E-state index contributed by atoms with van der Waals surface area (Å²) in [5.41, 5.74) is 9.37. The molecule has 0 radical (unpaired) electrons. The Balaban J connectivity index is 1.52. The summed E-state index contributed by atoms with van der Waals surface area (Å²) >= 11 is 0. The van der Waals surface area contributed by atoms with E-state index in [0.717, 1.165) is 11.4 Å². The molecular formula is C34H22N5+. The van der Waals surface area contributed by atoms with Gasteiger partial charge in [0.15, 0.2) is 0 Å². The summed E-state index contributed by atoms with van der Waals surface area (Å²) in [6, 6.07) is 28.3. The minimum absolute atomic E-state index is 0.0380. The Bertz CT molecular complexity index is 2210. The highest BCUT2D eigenvalue weighted by molar-refractivity contribution is 6.26. The predicted molar refractivity (Wildman–Crippen MR) is 160 cm³/mol. The first kappa shape index (κ1) is 20.7. The monoisotopic (exact) mass is 500 g/mol. The number of pyridine rings is 2. The fraction of sp³-hybridized carbons (Fsp3) is 0.0294. The molecule has 5 nitrogen and oxygen atoms in total. The van der Waals surface area contributed by atoms with Crippen LogP contribution in [0.4, 0.5) is 11.4 Å². The minimum atomic E-state index is 0.0380. The maximum absolute atomic E-state index is 4.49. The predicted octanol–water partition coefficient (Wildman–Crippen LogP) is 7.64. The first-order valence-electron chi connectivity index (χ1n) is 13.2. The SMILES string of the molecule is C1=CC2=[N+](c3cccnc3)c3cccc4c5ccc6c7ccccc7n(-c7cccnc7)c6c5n(c34)C2C=C1. The van der Waals surface area contributed by atoms with Crippen molar-refractivity contribution in [3.05, 3.63) is 128 Å². The van der Waals surface area contributed by atoms with Gasteiger partial charge >= 0.3 is 0 Å². The van der Waals surface area contributed by atoms with E-state index in [0.29, 0.717) is 0 Å². The highest BCUT2D eigenvalue weighted by Crippen LogP contribution is 2.46. The van der Waals surface area contributed by atoms with Crippen molar-refractivity contribution < 1.29 is 0 Å². The van der Waals surface area contributed by atoms with Crippen LogP contribution in [-0.4, -0.2) is 24.8 Å². The largest absolute Gasteiger partial charge is 0.316 e. The zero-order chi connectivity index (χ0) is 25.5. The Morgan fingerprint density at radius 2 is 1.44 bits per heavy atom. The molecule has 0 saturated carbocycles. The van der Waals surface area contributed by atoms with Crippen LogP contribution in [0.25, 0.3) is 49.3 Å². The normalized spacial score (nSPS) is 16.2. The molecule has 0 fully saturated rings. The van der Waals surface area contributed by atoms with Crippen molar-refractivity contribution in [3.8, 4) is 5.69 Å². The molecule has 5 heterocycles. The molecule has 2 aliphatic rings. The molecule has 5 heteroatoms. The third kappa shape index (κ3) is 2.66. The van der Waals surface area contributed by atoms with Crippen LogP contribution in [0.2, 0.25) is 0 Å². The van der Waals surface area contributed by atoms with E-state index in [1.54, 1.807) is 0 Å². The Morgan fingerprint density at radius 3 is 2.28 bits per heavy atom. The number of nitrogens with zero attached hydrogens (tertiary/aromatic N) is 5. The average Bonchev–Trinajstić information content (AvgIpc) is 3.53. The number of para-hydroxylation sites is 2. The number of fused-ring (bicyclic) bond motifs is 9. The minimum Gasteiger partial charge on any atom is -0.316 e. The van der Waals surface area contributed by atoms with Gasteiger partial charge in [0.25, 0.3) is 0 Å². The third-order valence-corrected chi connectivity index (χ3v) is 8.16. The van der Waals surface area contributed by atoms with E-state index in [-0.39, 0.29) is 6.04 Å². The fourth-order valence-electron chi connectivity index (χ4n) is 6.69. The quantitative estimate of drug-likeness (QED) is 0.229. The second-order valence-electron chi connectivity index (χ2n) is 10.1. The Kier molecular flexibility index (Phi) is 4.05. The van der Waals surface area contributed by atoms with E-state index in [2.05, 4.69) is 115 Å². The van der Waals surface area contributed by atoms with Gasteiger partial charge in [-0.05, 0) is 24.3 Å². The summed E-state index contributed by atoms with van der Waals surface area (Å²) in [4.78, 5) is 8.95. The lowest BCUT2D eigenvalue weighted by Crippen LogP contribution is -2.30. The van der Waals surface area contributed by atoms with Gasteiger partial charge < -0.3 is 9.13 Å². The Morgan fingerprint density at radius 1 is 0.641 bits per heavy atom. The number of benzene rings is 3. The maximum Gasteiger partial charge on any atom is 0.236 e. The second kappa shape index (κ2) is 7.62. The molecule has 182 valence electrons. The van der Waals surface area contributed by atoms with Gasteiger partial charge in [0.05, 0.1) is 34.6 Å². The zero-order valence-corrected chi connectivity index (χ0v) is 20.9. The summed E-state index contributed by atoms with van der Waals surface area (Å²) < 4.78 is 7.31. The number of rotatable bonds is 2. The van der Waals surface area contributed by atoms with Gasteiger partial charge in [0, 0.05) is 52.1 Å². The van der Waals surface area contributed by atoms with E-state index >= 15 is 0 Å². The molecule has 39 heavy (non-hydrogen) atoms. The van der Waals surface area contributed by atoms with E-state index in [4.69, 9.17) is 0 Å². The molecule has 9 rings (SSSR count). The van der Waals surface area contributed by atoms with Gasteiger partial charge in [0.2, 0.25) is 17.1 Å². The average molecular weight is 501 g/mol. The molecular weight excluding hydrogens is 478 g/mol. The molecule has 0 saturated heterocycles. The topological polar surface area (TPSA) is 38.6 Å². The first-order valence-corrected chi connectivity index (χ1v) is 13.2. The molecule has 7 aromatic rings. The van der Waals surface area contributed by atoms with Crippen LogP contribution in [0.1, 0.15) is 6.04 Å². The number of hydrogen-bond donors (Lipinski definition) is 0. The van der Waals surface area contributed by atoms with Crippen LogP contribution >= 0.6 is 0 Å². The summed E-state index contributed by atoms with van der Waals surface area (Å²) in [6.45, 7) is 0. The van der Waals surface area contributed by atoms with Gasteiger partial charge in [-0.1, -0.05) is 60.7 Å². The molecule has 4 aromatic heterocycles. The van der Waals surface area contributed by atoms with Crippen LogP contribution < -0.4 is 4.58 Å². The molecule has 1 aliphatic heterocycles. The van der Waals surface area contributed by atoms with Crippen LogP contribution in [0.3, 0.4) is 0 Å². The van der Waals surface area contributed by atoms with Crippen LogP contribution in [0.15, 0.2) is 128 Å². The molecule has 1 atom stereocenters. The van der Waals surface area contributed by atoms with E-state index in [1.807, 2.05) is 36.9 Å². The van der Waals surface area contributed by atoms with Crippen LogP contribution in [-0.2, 0) is 0 Å².